The van der Waals surface area contributed by atoms with Crippen LogP contribution in [-0.4, -0.2) is 76.8 Å². The van der Waals surface area contributed by atoms with E-state index in [2.05, 4.69) is 20.3 Å². The molecule has 51 heavy (non-hydrogen) atoms. The van der Waals surface area contributed by atoms with Gasteiger partial charge in [0.05, 0.1) is 47.0 Å². The Morgan fingerprint density at radius 1 is 0.863 bits per heavy atom. The third kappa shape index (κ3) is 6.65. The Labute approximate surface area is 294 Å². The van der Waals surface area contributed by atoms with Crippen molar-refractivity contribution in [3.05, 3.63) is 144 Å². The van der Waals surface area contributed by atoms with E-state index in [1.54, 1.807) is 49.4 Å². The minimum absolute atomic E-state index is 0.0626. The summed E-state index contributed by atoms with van der Waals surface area (Å²) < 4.78 is 32.5. The molecule has 0 unspecified atom stereocenters. The zero-order valence-electron chi connectivity index (χ0n) is 28.1. The molecule has 0 bridgehead atoms. The van der Waals surface area contributed by atoms with Crippen LogP contribution in [-0.2, 0) is 19.8 Å². The molecule has 4 aromatic carbocycles. The van der Waals surface area contributed by atoms with Crippen molar-refractivity contribution in [1.29, 1.82) is 0 Å². The monoisotopic (exact) mass is 687 g/mol. The summed E-state index contributed by atoms with van der Waals surface area (Å²) in [5.74, 6) is 1.34. The van der Waals surface area contributed by atoms with E-state index in [9.17, 15) is 9.90 Å². The van der Waals surface area contributed by atoms with Crippen LogP contribution >= 0.6 is 0 Å². The molecule has 12 nitrogen and oxygen atoms in total. The van der Waals surface area contributed by atoms with E-state index in [4.69, 9.17) is 23.7 Å². The van der Waals surface area contributed by atoms with Gasteiger partial charge in [0.2, 0.25) is 0 Å². The van der Waals surface area contributed by atoms with Gasteiger partial charge in [-0.05, 0) is 53.1 Å². The summed E-state index contributed by atoms with van der Waals surface area (Å²) in [4.78, 5) is 26.2. The summed E-state index contributed by atoms with van der Waals surface area (Å²) in [6.07, 6.45) is 2.17. The Morgan fingerprint density at radius 3 is 2.08 bits per heavy atom. The lowest BCUT2D eigenvalue weighted by atomic mass is 9.79. The van der Waals surface area contributed by atoms with Gasteiger partial charge in [0.25, 0.3) is 5.91 Å². The highest BCUT2D eigenvalue weighted by Gasteiger charge is 2.45. The van der Waals surface area contributed by atoms with Gasteiger partial charge in [0, 0.05) is 5.56 Å². The smallest absolute Gasteiger partial charge is 0.256 e. The molecule has 2 aromatic heterocycles. The van der Waals surface area contributed by atoms with Crippen LogP contribution in [0.4, 0.5) is 5.82 Å². The summed E-state index contributed by atoms with van der Waals surface area (Å²) in [6, 6.07) is 34.1. The van der Waals surface area contributed by atoms with Gasteiger partial charge in [0.1, 0.15) is 29.0 Å². The number of carbonyl (C=O) groups excluding carboxylic acids is 1. The maximum atomic E-state index is 12.9. The number of methoxy groups -OCH3 is 2. The minimum atomic E-state index is -1.28. The van der Waals surface area contributed by atoms with Gasteiger partial charge in [-0.15, -0.1) is 0 Å². The molecule has 6 aromatic rings. The number of nitrogens with one attached hydrogen (secondary N) is 1. The molecular weight excluding hydrogens is 650 g/mol. The lowest BCUT2D eigenvalue weighted by Gasteiger charge is -2.43. The maximum absolute atomic E-state index is 12.9. The molecule has 0 spiro atoms. The molecule has 7 rings (SSSR count). The highest BCUT2D eigenvalue weighted by Crippen LogP contribution is 2.43. The van der Waals surface area contributed by atoms with E-state index in [1.165, 1.54) is 6.33 Å². The zero-order chi connectivity index (χ0) is 35.3. The van der Waals surface area contributed by atoms with Crippen LogP contribution < -0.4 is 14.8 Å². The van der Waals surface area contributed by atoms with Crippen molar-refractivity contribution in [2.24, 2.45) is 0 Å². The van der Waals surface area contributed by atoms with Crippen molar-refractivity contribution in [1.82, 2.24) is 19.5 Å². The highest BCUT2D eigenvalue weighted by atomic mass is 16.6. The number of ether oxygens (including phenoxy) is 5. The number of aliphatic hydroxyl groups excluding tert-OH is 1. The molecule has 1 saturated heterocycles. The number of aromatic nitrogens is 4. The second kappa shape index (κ2) is 14.7. The second-order valence-corrected chi connectivity index (χ2v) is 12.1. The lowest BCUT2D eigenvalue weighted by molar-refractivity contribution is -0.259. The van der Waals surface area contributed by atoms with E-state index in [-0.39, 0.29) is 31.5 Å². The molecule has 1 amide bonds. The SMILES string of the molecule is COc1ccc(C(OC[C@]2(CO)COC[C@H](n3cnc4c(NC(=O)c5ccccc5)ncnc43)O2)(c2ccccc2)c2ccc(OC)cc2)cc1. The van der Waals surface area contributed by atoms with E-state index < -0.39 is 24.0 Å². The molecule has 3 heterocycles. The van der Waals surface area contributed by atoms with Gasteiger partial charge >= 0.3 is 0 Å². The number of nitrogens with zero attached hydrogens (tertiary/aromatic N) is 4. The number of amides is 1. The second-order valence-electron chi connectivity index (χ2n) is 12.1. The third-order valence-corrected chi connectivity index (χ3v) is 8.96. The number of rotatable bonds is 12. The van der Waals surface area contributed by atoms with Gasteiger partial charge in [0.15, 0.2) is 23.2 Å². The molecule has 2 atom stereocenters. The van der Waals surface area contributed by atoms with Crippen molar-refractivity contribution in [2.75, 3.05) is 46.0 Å². The van der Waals surface area contributed by atoms with Crippen molar-refractivity contribution in [3.8, 4) is 11.5 Å². The average Bonchev–Trinajstić information content (AvgIpc) is 3.65. The topological polar surface area (TPSA) is 139 Å². The Morgan fingerprint density at radius 2 is 1.47 bits per heavy atom. The first kappa shape index (κ1) is 33.8. The summed E-state index contributed by atoms with van der Waals surface area (Å²) >= 11 is 0. The fraction of sp³-hybridized carbons (Fsp3) is 0.231. The Balaban J connectivity index is 1.22. The van der Waals surface area contributed by atoms with Gasteiger partial charge in [-0.25, -0.2) is 15.0 Å². The number of benzene rings is 4. The van der Waals surface area contributed by atoms with Crippen LogP contribution in [0.1, 0.15) is 33.3 Å². The molecule has 0 saturated carbocycles. The Kier molecular flexibility index (Phi) is 9.73. The van der Waals surface area contributed by atoms with Crippen molar-refractivity contribution in [2.45, 2.75) is 17.4 Å². The molecule has 12 heteroatoms. The van der Waals surface area contributed by atoms with Crippen LogP contribution in [0.2, 0.25) is 0 Å². The quantitative estimate of drug-likeness (QED) is 0.161. The third-order valence-electron chi connectivity index (χ3n) is 8.96. The zero-order valence-corrected chi connectivity index (χ0v) is 28.1. The maximum Gasteiger partial charge on any atom is 0.256 e. The number of fused-ring (bicyclic) bond motifs is 1. The van der Waals surface area contributed by atoms with Crippen LogP contribution in [0, 0.1) is 0 Å². The number of anilines is 1. The number of carbonyl (C=O) groups is 1. The largest absolute Gasteiger partial charge is 0.497 e. The first-order chi connectivity index (χ1) is 25.0. The number of imidazole rings is 1. The van der Waals surface area contributed by atoms with Crippen LogP contribution in [0.5, 0.6) is 11.5 Å². The number of hydrogen-bond acceptors (Lipinski definition) is 10. The van der Waals surface area contributed by atoms with E-state index in [0.717, 1.165) is 16.7 Å². The highest BCUT2D eigenvalue weighted by molar-refractivity contribution is 6.06. The van der Waals surface area contributed by atoms with Gasteiger partial charge in [-0.3, -0.25) is 9.36 Å². The van der Waals surface area contributed by atoms with Crippen LogP contribution in [0.15, 0.2) is 122 Å². The normalized spacial score (nSPS) is 17.6. The molecule has 1 aliphatic rings. The first-order valence-electron chi connectivity index (χ1n) is 16.4. The van der Waals surface area contributed by atoms with Crippen LogP contribution in [0.3, 0.4) is 0 Å². The van der Waals surface area contributed by atoms with E-state index in [0.29, 0.717) is 28.2 Å². The van der Waals surface area contributed by atoms with E-state index in [1.807, 2.05) is 84.9 Å². The molecule has 1 aliphatic heterocycles. The predicted molar refractivity (Wildman–Crippen MR) is 189 cm³/mol. The summed E-state index contributed by atoms with van der Waals surface area (Å²) in [5.41, 5.74) is 1.40. The van der Waals surface area contributed by atoms with Gasteiger partial charge < -0.3 is 34.1 Å². The fourth-order valence-corrected chi connectivity index (χ4v) is 6.28. The standard InChI is InChI=1S/C39H37N5O7/c1-47-31-17-13-29(14-18-31)39(28-11-7-4-8-12-28,30-15-19-32(48-2)20-16-30)50-24-38(22-45)23-49-21-33(51-38)44-26-42-34-35(40-25-41-36(34)44)43-37(46)27-9-5-3-6-10-27/h3-20,25-26,33,45H,21-24H2,1-2H3,(H,40,41,43,46)/t33-,38+/m1/s1. The molecule has 1 fully saturated rings. The minimum Gasteiger partial charge on any atom is -0.497 e. The van der Waals surface area contributed by atoms with E-state index >= 15 is 0 Å². The Bertz CT molecular complexity index is 2030. The molecule has 0 aliphatic carbocycles. The molecule has 2 N–H and O–H groups in total. The predicted octanol–water partition coefficient (Wildman–Crippen LogP) is 5.38. The number of aliphatic hydroxyl groups is 1. The summed E-state index contributed by atoms with van der Waals surface area (Å²) in [5, 5.41) is 13.8. The molecule has 0 radical (unpaired) electrons. The van der Waals surface area contributed by atoms with Gasteiger partial charge in [-0.2, -0.15) is 0 Å². The average molecular weight is 688 g/mol. The summed E-state index contributed by atoms with van der Waals surface area (Å²) in [6.45, 7) is -0.244. The first-order valence-corrected chi connectivity index (χ1v) is 16.4. The van der Waals surface area contributed by atoms with Crippen molar-refractivity contribution < 1.29 is 33.6 Å². The van der Waals surface area contributed by atoms with Gasteiger partial charge in [-0.1, -0.05) is 72.8 Å². The van der Waals surface area contributed by atoms with Crippen molar-refractivity contribution in [3.63, 3.8) is 0 Å². The van der Waals surface area contributed by atoms with Crippen LogP contribution in [0.25, 0.3) is 11.2 Å². The fourth-order valence-electron chi connectivity index (χ4n) is 6.28. The lowest BCUT2D eigenvalue weighted by Crippen LogP contribution is -2.53. The number of hydrogen-bond donors (Lipinski definition) is 2. The summed E-state index contributed by atoms with van der Waals surface area (Å²) in [7, 11) is 3.25. The Hall–Kier alpha value is -5.66. The molecule has 260 valence electrons. The van der Waals surface area contributed by atoms with Crippen molar-refractivity contribution >= 4 is 22.9 Å². The molecular formula is C39H37N5O7.